The highest BCUT2D eigenvalue weighted by atomic mass is 16.2. The molecular formula is C23H22N2O2. The smallest absolute Gasteiger partial charge is 0.255 e. The first kappa shape index (κ1) is 18.4. The van der Waals surface area contributed by atoms with E-state index in [1.54, 1.807) is 13.0 Å². The fraction of sp³-hybridized carbons (Fsp3) is 0.130. The molecule has 3 aromatic rings. The lowest BCUT2D eigenvalue weighted by atomic mass is 9.98. The normalized spacial score (nSPS) is 11.6. The molecule has 1 unspecified atom stereocenters. The third kappa shape index (κ3) is 4.23. The molecule has 0 fully saturated rings. The van der Waals surface area contributed by atoms with Gasteiger partial charge in [0.1, 0.15) is 6.04 Å². The Hall–Kier alpha value is -3.40. The maximum atomic E-state index is 13.4. The number of primary amides is 1. The van der Waals surface area contributed by atoms with Gasteiger partial charge in [-0.3, -0.25) is 9.59 Å². The predicted octanol–water partition coefficient (Wildman–Crippen LogP) is 3.87. The summed E-state index contributed by atoms with van der Waals surface area (Å²) < 4.78 is 0. The van der Waals surface area contributed by atoms with E-state index in [2.05, 4.69) is 0 Å². The van der Waals surface area contributed by atoms with E-state index >= 15 is 0 Å². The molecular weight excluding hydrogens is 336 g/mol. The van der Waals surface area contributed by atoms with Crippen LogP contribution < -0.4 is 5.73 Å². The van der Waals surface area contributed by atoms with E-state index in [1.165, 1.54) is 4.90 Å². The van der Waals surface area contributed by atoms with Crippen LogP contribution in [0, 0.1) is 0 Å². The zero-order chi connectivity index (χ0) is 19.2. The molecule has 2 N–H and O–H groups in total. The van der Waals surface area contributed by atoms with Crippen molar-refractivity contribution in [2.24, 2.45) is 5.73 Å². The average molecular weight is 358 g/mol. The summed E-state index contributed by atoms with van der Waals surface area (Å²) >= 11 is 0. The van der Waals surface area contributed by atoms with E-state index in [4.69, 9.17) is 5.73 Å². The van der Waals surface area contributed by atoms with Gasteiger partial charge in [0, 0.05) is 12.1 Å². The zero-order valence-electron chi connectivity index (χ0n) is 15.2. The summed E-state index contributed by atoms with van der Waals surface area (Å²) in [6.07, 6.45) is 0. The predicted molar refractivity (Wildman–Crippen MR) is 107 cm³/mol. The summed E-state index contributed by atoms with van der Waals surface area (Å²) in [4.78, 5) is 26.8. The lowest BCUT2D eigenvalue weighted by molar-refractivity contribution is -0.122. The van der Waals surface area contributed by atoms with Crippen molar-refractivity contribution in [2.45, 2.75) is 19.5 Å². The van der Waals surface area contributed by atoms with Gasteiger partial charge in [-0.25, -0.2) is 0 Å². The minimum absolute atomic E-state index is 0.218. The van der Waals surface area contributed by atoms with Crippen molar-refractivity contribution in [1.82, 2.24) is 4.90 Å². The van der Waals surface area contributed by atoms with Crippen LogP contribution in [0.15, 0.2) is 84.9 Å². The van der Waals surface area contributed by atoms with Crippen LogP contribution in [0.4, 0.5) is 0 Å². The van der Waals surface area contributed by atoms with Crippen LogP contribution in [0.2, 0.25) is 0 Å². The number of benzene rings is 3. The van der Waals surface area contributed by atoms with Gasteiger partial charge < -0.3 is 10.6 Å². The van der Waals surface area contributed by atoms with Gasteiger partial charge in [-0.2, -0.15) is 0 Å². The highest BCUT2D eigenvalue weighted by Gasteiger charge is 2.27. The molecule has 3 aromatic carbocycles. The minimum Gasteiger partial charge on any atom is -0.368 e. The Morgan fingerprint density at radius 3 is 2.04 bits per heavy atom. The Balaban J connectivity index is 2.01. The highest BCUT2D eigenvalue weighted by Crippen LogP contribution is 2.25. The Morgan fingerprint density at radius 2 is 1.41 bits per heavy atom. The third-order valence-corrected chi connectivity index (χ3v) is 4.58. The molecule has 0 heterocycles. The number of nitrogens with two attached hydrogens (primary N) is 1. The van der Waals surface area contributed by atoms with Gasteiger partial charge in [0.25, 0.3) is 5.91 Å². The topological polar surface area (TPSA) is 63.4 Å². The van der Waals surface area contributed by atoms with Crippen molar-refractivity contribution in [2.75, 3.05) is 0 Å². The van der Waals surface area contributed by atoms with E-state index in [-0.39, 0.29) is 5.91 Å². The fourth-order valence-corrected chi connectivity index (χ4v) is 3.01. The maximum Gasteiger partial charge on any atom is 0.255 e. The SMILES string of the molecule is CC(C(N)=O)N(Cc1ccccc1)C(=O)c1ccccc1-c1ccccc1. The van der Waals surface area contributed by atoms with Crippen molar-refractivity contribution < 1.29 is 9.59 Å². The van der Waals surface area contributed by atoms with Crippen LogP contribution in [0.1, 0.15) is 22.8 Å². The summed E-state index contributed by atoms with van der Waals surface area (Å²) in [6, 6.07) is 26.0. The van der Waals surface area contributed by atoms with E-state index in [0.717, 1.165) is 16.7 Å². The molecule has 4 heteroatoms. The van der Waals surface area contributed by atoms with Crippen LogP contribution in [0.25, 0.3) is 11.1 Å². The van der Waals surface area contributed by atoms with Crippen LogP contribution in [-0.2, 0) is 11.3 Å². The van der Waals surface area contributed by atoms with Crippen LogP contribution in [-0.4, -0.2) is 22.8 Å². The number of rotatable bonds is 6. The van der Waals surface area contributed by atoms with Crippen molar-refractivity contribution >= 4 is 11.8 Å². The number of hydrogen-bond donors (Lipinski definition) is 1. The molecule has 0 aromatic heterocycles. The van der Waals surface area contributed by atoms with Crippen LogP contribution in [0.5, 0.6) is 0 Å². The van der Waals surface area contributed by atoms with Gasteiger partial charge >= 0.3 is 0 Å². The molecule has 1 atom stereocenters. The molecule has 0 saturated heterocycles. The Morgan fingerprint density at radius 1 is 0.852 bits per heavy atom. The van der Waals surface area contributed by atoms with Crippen molar-refractivity contribution in [3.63, 3.8) is 0 Å². The van der Waals surface area contributed by atoms with E-state index < -0.39 is 11.9 Å². The summed E-state index contributed by atoms with van der Waals surface area (Å²) in [6.45, 7) is 1.97. The van der Waals surface area contributed by atoms with Gasteiger partial charge in [0.05, 0.1) is 0 Å². The van der Waals surface area contributed by atoms with Crippen LogP contribution >= 0.6 is 0 Å². The van der Waals surface area contributed by atoms with Crippen LogP contribution in [0.3, 0.4) is 0 Å². The first-order valence-electron chi connectivity index (χ1n) is 8.86. The van der Waals surface area contributed by atoms with E-state index in [1.807, 2.05) is 78.9 Å². The zero-order valence-corrected chi connectivity index (χ0v) is 15.2. The molecule has 0 bridgehead atoms. The molecule has 0 radical (unpaired) electrons. The van der Waals surface area contributed by atoms with Crippen molar-refractivity contribution in [1.29, 1.82) is 0 Å². The Labute approximate surface area is 159 Å². The summed E-state index contributed by atoms with van der Waals surface area (Å²) in [7, 11) is 0. The minimum atomic E-state index is -0.721. The molecule has 0 aliphatic heterocycles. The number of amides is 2. The molecule has 0 spiro atoms. The molecule has 136 valence electrons. The van der Waals surface area contributed by atoms with Crippen molar-refractivity contribution in [3.8, 4) is 11.1 Å². The molecule has 0 aliphatic carbocycles. The molecule has 3 rings (SSSR count). The Kier molecular flexibility index (Phi) is 5.67. The van der Waals surface area contributed by atoms with Crippen molar-refractivity contribution in [3.05, 3.63) is 96.1 Å². The standard InChI is InChI=1S/C23H22N2O2/c1-17(22(24)26)25(16-18-10-4-2-5-11-18)23(27)21-15-9-8-14-20(21)19-12-6-3-7-13-19/h2-15,17H,16H2,1H3,(H2,24,26). The molecule has 0 aliphatic rings. The third-order valence-electron chi connectivity index (χ3n) is 4.58. The van der Waals surface area contributed by atoms with Gasteiger partial charge in [-0.05, 0) is 29.7 Å². The number of hydrogen-bond acceptors (Lipinski definition) is 2. The van der Waals surface area contributed by atoms with E-state index in [0.29, 0.717) is 12.1 Å². The van der Waals surface area contributed by atoms with Gasteiger partial charge in [-0.15, -0.1) is 0 Å². The lowest BCUT2D eigenvalue weighted by Crippen LogP contribution is -2.45. The largest absolute Gasteiger partial charge is 0.368 e. The van der Waals surface area contributed by atoms with Gasteiger partial charge in [-0.1, -0.05) is 78.9 Å². The summed E-state index contributed by atoms with van der Waals surface area (Å²) in [5, 5.41) is 0. The quantitative estimate of drug-likeness (QED) is 0.727. The van der Waals surface area contributed by atoms with Gasteiger partial charge in [0.2, 0.25) is 5.91 Å². The second-order valence-corrected chi connectivity index (χ2v) is 6.41. The maximum absolute atomic E-state index is 13.4. The average Bonchev–Trinajstić information content (AvgIpc) is 2.72. The molecule has 2 amide bonds. The molecule has 27 heavy (non-hydrogen) atoms. The lowest BCUT2D eigenvalue weighted by Gasteiger charge is -2.28. The summed E-state index contributed by atoms with van der Waals surface area (Å²) in [5.41, 5.74) is 8.80. The second kappa shape index (κ2) is 8.32. The molecule has 4 nitrogen and oxygen atoms in total. The number of carbonyl (C=O) groups excluding carboxylic acids is 2. The van der Waals surface area contributed by atoms with Gasteiger partial charge in [0.15, 0.2) is 0 Å². The first-order valence-corrected chi connectivity index (χ1v) is 8.86. The highest BCUT2D eigenvalue weighted by molar-refractivity contribution is 6.02. The van der Waals surface area contributed by atoms with E-state index in [9.17, 15) is 9.59 Å². The first-order chi connectivity index (χ1) is 13.1. The monoisotopic (exact) mass is 358 g/mol. The summed E-state index contributed by atoms with van der Waals surface area (Å²) in [5.74, 6) is -0.749. The Bertz CT molecular complexity index is 923. The number of nitrogens with zero attached hydrogens (tertiary/aromatic N) is 1. The molecule has 0 saturated carbocycles. The fourth-order valence-electron chi connectivity index (χ4n) is 3.01. The number of carbonyl (C=O) groups is 2. The second-order valence-electron chi connectivity index (χ2n) is 6.41.